The Hall–Kier alpha value is -3.42. The molecule has 30 heavy (non-hydrogen) atoms. The zero-order valence-corrected chi connectivity index (χ0v) is 17.4. The molecule has 0 radical (unpaired) electrons. The molecular weight excluding hydrogens is 380 g/mol. The Bertz CT molecular complexity index is 963. The highest BCUT2D eigenvalue weighted by Crippen LogP contribution is 2.20. The summed E-state index contributed by atoms with van der Waals surface area (Å²) in [7, 11) is 3.99. The third-order valence-electron chi connectivity index (χ3n) is 5.27. The van der Waals surface area contributed by atoms with Crippen LogP contribution in [0.3, 0.4) is 0 Å². The minimum absolute atomic E-state index is 0.116. The van der Waals surface area contributed by atoms with Gasteiger partial charge in [-0.3, -0.25) is 4.79 Å². The molecule has 8 heteroatoms. The average Bonchev–Trinajstić information content (AvgIpc) is 3.27. The Balaban J connectivity index is 1.28. The van der Waals surface area contributed by atoms with E-state index in [0.29, 0.717) is 37.6 Å². The van der Waals surface area contributed by atoms with E-state index < -0.39 is 0 Å². The summed E-state index contributed by atoms with van der Waals surface area (Å²) in [4.78, 5) is 27.6. The molecule has 0 aliphatic carbocycles. The molecule has 0 unspecified atom stereocenters. The number of aromatic nitrogens is 3. The van der Waals surface area contributed by atoms with Crippen molar-refractivity contribution in [2.45, 2.75) is 12.8 Å². The molecule has 3 heterocycles. The minimum Gasteiger partial charge on any atom is -0.378 e. The molecule has 0 N–H and O–H groups in total. The van der Waals surface area contributed by atoms with Crippen LogP contribution in [0.5, 0.6) is 0 Å². The second-order valence-corrected chi connectivity index (χ2v) is 7.51. The second-order valence-electron chi connectivity index (χ2n) is 7.51. The van der Waals surface area contributed by atoms with Crippen LogP contribution in [0.1, 0.15) is 12.3 Å². The predicted molar refractivity (Wildman–Crippen MR) is 115 cm³/mol. The van der Waals surface area contributed by atoms with E-state index in [1.165, 1.54) is 0 Å². The first-order valence-electron chi connectivity index (χ1n) is 10.1. The van der Waals surface area contributed by atoms with E-state index in [0.717, 1.165) is 30.2 Å². The number of hydrogen-bond acceptors (Lipinski definition) is 7. The molecule has 4 rings (SSSR count). The van der Waals surface area contributed by atoms with Gasteiger partial charge >= 0.3 is 0 Å². The van der Waals surface area contributed by atoms with Gasteiger partial charge in [0.1, 0.15) is 5.82 Å². The summed E-state index contributed by atoms with van der Waals surface area (Å²) in [5.74, 6) is 2.11. The summed E-state index contributed by atoms with van der Waals surface area (Å²) in [5, 5.41) is 4.06. The number of aryl methyl sites for hydroxylation is 1. The highest BCUT2D eigenvalue weighted by Gasteiger charge is 2.22. The van der Waals surface area contributed by atoms with Gasteiger partial charge in [0.25, 0.3) is 0 Å². The Morgan fingerprint density at radius 3 is 2.50 bits per heavy atom. The van der Waals surface area contributed by atoms with Crippen LogP contribution in [-0.2, 0) is 11.2 Å². The quantitative estimate of drug-likeness (QED) is 0.622. The van der Waals surface area contributed by atoms with Gasteiger partial charge in [-0.1, -0.05) is 11.2 Å². The normalized spacial score (nSPS) is 14.1. The van der Waals surface area contributed by atoms with Crippen molar-refractivity contribution in [3.63, 3.8) is 0 Å². The molecule has 1 aliphatic rings. The number of amides is 1. The molecular formula is C22H26N6O2. The van der Waals surface area contributed by atoms with Gasteiger partial charge in [0.05, 0.1) is 0 Å². The van der Waals surface area contributed by atoms with Crippen molar-refractivity contribution < 1.29 is 9.32 Å². The molecule has 3 aromatic rings. The average molecular weight is 406 g/mol. The first-order chi connectivity index (χ1) is 14.6. The highest BCUT2D eigenvalue weighted by molar-refractivity contribution is 5.76. The summed E-state index contributed by atoms with van der Waals surface area (Å²) >= 11 is 0. The molecule has 0 atom stereocenters. The number of nitrogens with zero attached hydrogens (tertiary/aromatic N) is 6. The monoisotopic (exact) mass is 406 g/mol. The topological polar surface area (TPSA) is 78.6 Å². The maximum Gasteiger partial charge on any atom is 0.227 e. The lowest BCUT2D eigenvalue weighted by Gasteiger charge is -2.35. The zero-order chi connectivity index (χ0) is 20.9. The van der Waals surface area contributed by atoms with Crippen molar-refractivity contribution in [1.29, 1.82) is 0 Å². The van der Waals surface area contributed by atoms with Gasteiger partial charge in [0, 0.05) is 70.6 Å². The smallest absolute Gasteiger partial charge is 0.227 e. The van der Waals surface area contributed by atoms with Crippen LogP contribution in [0, 0.1) is 0 Å². The molecule has 1 aromatic carbocycles. The first-order valence-corrected chi connectivity index (χ1v) is 10.1. The van der Waals surface area contributed by atoms with Gasteiger partial charge in [-0.2, -0.15) is 4.98 Å². The van der Waals surface area contributed by atoms with Gasteiger partial charge in [-0.15, -0.1) is 0 Å². The fraction of sp³-hybridized carbons (Fsp3) is 0.364. The van der Waals surface area contributed by atoms with Crippen molar-refractivity contribution in [2.24, 2.45) is 0 Å². The Morgan fingerprint density at radius 1 is 1.07 bits per heavy atom. The Morgan fingerprint density at radius 2 is 1.83 bits per heavy atom. The molecule has 156 valence electrons. The lowest BCUT2D eigenvalue weighted by atomic mass is 10.2. The number of rotatable bonds is 6. The fourth-order valence-electron chi connectivity index (χ4n) is 3.48. The first kappa shape index (κ1) is 19.9. The van der Waals surface area contributed by atoms with Crippen LogP contribution < -0.4 is 9.80 Å². The minimum atomic E-state index is 0.116. The van der Waals surface area contributed by atoms with Gasteiger partial charge in [-0.05, 0) is 36.4 Å². The van der Waals surface area contributed by atoms with Crippen molar-refractivity contribution >= 4 is 17.4 Å². The molecule has 1 amide bonds. The summed E-state index contributed by atoms with van der Waals surface area (Å²) in [5.41, 5.74) is 2.00. The molecule has 1 fully saturated rings. The van der Waals surface area contributed by atoms with E-state index in [2.05, 4.69) is 20.0 Å². The lowest BCUT2D eigenvalue weighted by Crippen LogP contribution is -2.49. The number of carbonyl (C=O) groups is 1. The van der Waals surface area contributed by atoms with Crippen molar-refractivity contribution in [1.82, 2.24) is 20.0 Å². The molecule has 0 saturated carbocycles. The lowest BCUT2D eigenvalue weighted by molar-refractivity contribution is -0.131. The van der Waals surface area contributed by atoms with Gasteiger partial charge in [0.15, 0.2) is 0 Å². The summed E-state index contributed by atoms with van der Waals surface area (Å²) < 4.78 is 5.35. The van der Waals surface area contributed by atoms with E-state index in [1.54, 1.807) is 6.20 Å². The third kappa shape index (κ3) is 4.59. The molecule has 0 bridgehead atoms. The van der Waals surface area contributed by atoms with Crippen LogP contribution in [0.4, 0.5) is 11.5 Å². The molecule has 2 aromatic heterocycles. The summed E-state index contributed by atoms with van der Waals surface area (Å²) in [6.45, 7) is 2.97. The number of piperazine rings is 1. The number of hydrogen-bond donors (Lipinski definition) is 0. The Labute approximate surface area is 176 Å². The van der Waals surface area contributed by atoms with Crippen LogP contribution in [0.15, 0.2) is 53.2 Å². The van der Waals surface area contributed by atoms with Gasteiger partial charge in [-0.25, -0.2) is 4.98 Å². The third-order valence-corrected chi connectivity index (χ3v) is 5.27. The Kier molecular flexibility index (Phi) is 5.92. The van der Waals surface area contributed by atoms with Crippen LogP contribution in [-0.4, -0.2) is 66.2 Å². The van der Waals surface area contributed by atoms with E-state index in [-0.39, 0.29) is 5.91 Å². The van der Waals surface area contributed by atoms with Crippen LogP contribution >= 0.6 is 0 Å². The highest BCUT2D eigenvalue weighted by atomic mass is 16.5. The maximum atomic E-state index is 12.6. The van der Waals surface area contributed by atoms with Crippen molar-refractivity contribution in [3.8, 4) is 11.4 Å². The second kappa shape index (κ2) is 8.94. The SMILES string of the molecule is CN(C)c1ccc(-c2noc(CCC(=O)N3CCN(c4ccccn4)CC3)n2)cc1. The molecule has 1 saturated heterocycles. The summed E-state index contributed by atoms with van der Waals surface area (Å²) in [6.07, 6.45) is 2.61. The standard InChI is InChI=1S/C22H26N6O2/c1-26(2)18-8-6-17(7-9-18)22-24-20(30-25-22)10-11-21(29)28-15-13-27(14-16-28)19-5-3-4-12-23-19/h3-9,12H,10-11,13-16H2,1-2H3. The number of anilines is 2. The summed E-state index contributed by atoms with van der Waals surface area (Å²) in [6, 6.07) is 13.9. The van der Waals surface area contributed by atoms with Gasteiger partial charge in [0.2, 0.25) is 17.6 Å². The zero-order valence-electron chi connectivity index (χ0n) is 17.4. The predicted octanol–water partition coefficient (Wildman–Crippen LogP) is 2.48. The number of carbonyl (C=O) groups excluding carboxylic acids is 1. The van der Waals surface area contributed by atoms with Crippen molar-refractivity contribution in [3.05, 3.63) is 54.6 Å². The van der Waals surface area contributed by atoms with E-state index in [9.17, 15) is 4.79 Å². The molecule has 8 nitrogen and oxygen atoms in total. The van der Waals surface area contributed by atoms with Crippen LogP contribution in [0.25, 0.3) is 11.4 Å². The number of benzene rings is 1. The van der Waals surface area contributed by atoms with Crippen LogP contribution in [0.2, 0.25) is 0 Å². The molecule has 1 aliphatic heterocycles. The largest absolute Gasteiger partial charge is 0.378 e. The molecule has 0 spiro atoms. The van der Waals surface area contributed by atoms with E-state index in [1.807, 2.05) is 66.4 Å². The number of pyridine rings is 1. The van der Waals surface area contributed by atoms with E-state index in [4.69, 9.17) is 4.52 Å². The van der Waals surface area contributed by atoms with Gasteiger partial charge < -0.3 is 19.2 Å². The van der Waals surface area contributed by atoms with Crippen molar-refractivity contribution in [2.75, 3.05) is 50.1 Å². The van der Waals surface area contributed by atoms with E-state index >= 15 is 0 Å². The fourth-order valence-corrected chi connectivity index (χ4v) is 3.48. The maximum absolute atomic E-state index is 12.6.